The van der Waals surface area contributed by atoms with Crippen LogP contribution in [0.4, 0.5) is 5.69 Å². The van der Waals surface area contributed by atoms with Gasteiger partial charge in [-0.3, -0.25) is 14.5 Å². The lowest BCUT2D eigenvalue weighted by molar-refractivity contribution is -0.385. The topological polar surface area (TPSA) is 82.6 Å². The Kier molecular flexibility index (Phi) is 3.30. The van der Waals surface area contributed by atoms with E-state index in [1.165, 1.54) is 6.07 Å². The van der Waals surface area contributed by atoms with Crippen LogP contribution in [0.2, 0.25) is 0 Å². The first-order valence-electron chi connectivity index (χ1n) is 5.97. The van der Waals surface area contributed by atoms with Gasteiger partial charge in [-0.25, -0.2) is 9.97 Å². The van der Waals surface area contributed by atoms with Gasteiger partial charge in [0.2, 0.25) is 11.4 Å². The molecule has 0 aliphatic carbocycles. The highest BCUT2D eigenvalue weighted by molar-refractivity contribution is 9.10. The number of hydrogen-bond donors (Lipinski definition) is 0. The number of rotatable bonds is 3. The molecule has 0 saturated heterocycles. The summed E-state index contributed by atoms with van der Waals surface area (Å²) in [4.78, 5) is 18.9. The van der Waals surface area contributed by atoms with Gasteiger partial charge in [0.05, 0.1) is 4.92 Å². The number of ether oxygens (including phenoxy) is 1. The summed E-state index contributed by atoms with van der Waals surface area (Å²) in [5.74, 6) is 0.332. The molecule has 8 heteroatoms. The van der Waals surface area contributed by atoms with E-state index in [0.717, 1.165) is 5.56 Å². The van der Waals surface area contributed by atoms with Gasteiger partial charge in [0, 0.05) is 24.7 Å². The molecular formula is C13H9BrN4O3. The van der Waals surface area contributed by atoms with E-state index < -0.39 is 4.92 Å². The summed E-state index contributed by atoms with van der Waals surface area (Å²) in [7, 11) is 0. The highest BCUT2D eigenvalue weighted by Gasteiger charge is 2.18. The fourth-order valence-corrected chi connectivity index (χ4v) is 2.28. The van der Waals surface area contributed by atoms with Crippen molar-refractivity contribution >= 4 is 27.3 Å². The minimum atomic E-state index is -0.491. The number of halogens is 1. The smallest absolute Gasteiger partial charge is 0.311 e. The Morgan fingerprint density at radius 1 is 1.43 bits per heavy atom. The number of nitrogens with zero attached hydrogens (tertiary/aromatic N) is 4. The summed E-state index contributed by atoms with van der Waals surface area (Å²) in [6.45, 7) is 1.83. The second-order valence-electron chi connectivity index (χ2n) is 4.36. The van der Waals surface area contributed by atoms with Gasteiger partial charge in [-0.2, -0.15) is 0 Å². The van der Waals surface area contributed by atoms with E-state index in [4.69, 9.17) is 4.74 Å². The Hall–Kier alpha value is -2.48. The summed E-state index contributed by atoms with van der Waals surface area (Å²) in [5, 5.41) is 11.1. The second-order valence-corrected chi connectivity index (χ2v) is 5.17. The van der Waals surface area contributed by atoms with Gasteiger partial charge in [0.15, 0.2) is 0 Å². The molecule has 1 aromatic carbocycles. The van der Waals surface area contributed by atoms with Crippen LogP contribution >= 0.6 is 15.9 Å². The SMILES string of the molecule is Cc1ccc([N+](=O)[O-])c(Oc2nc(Br)cn3ccnc23)c1. The lowest BCUT2D eigenvalue weighted by Gasteiger charge is -2.07. The Balaban J connectivity index is 2.12. The largest absolute Gasteiger partial charge is 0.428 e. The average molecular weight is 349 g/mol. The van der Waals surface area contributed by atoms with Crippen molar-refractivity contribution in [2.75, 3.05) is 0 Å². The van der Waals surface area contributed by atoms with Crippen molar-refractivity contribution in [2.24, 2.45) is 0 Å². The zero-order valence-electron chi connectivity index (χ0n) is 10.9. The Morgan fingerprint density at radius 2 is 2.24 bits per heavy atom. The van der Waals surface area contributed by atoms with Gasteiger partial charge in [-0.15, -0.1) is 0 Å². The number of nitro benzene ring substituents is 1. The van der Waals surface area contributed by atoms with Crippen LogP contribution in [0.1, 0.15) is 5.56 Å². The molecule has 0 amide bonds. The minimum absolute atomic E-state index is 0.118. The quantitative estimate of drug-likeness (QED) is 0.534. The maximum atomic E-state index is 11.1. The van der Waals surface area contributed by atoms with Crippen LogP contribution in [-0.2, 0) is 0 Å². The van der Waals surface area contributed by atoms with Gasteiger partial charge in [-0.1, -0.05) is 6.07 Å². The van der Waals surface area contributed by atoms with E-state index in [-0.39, 0.29) is 17.3 Å². The third-order valence-corrected chi connectivity index (χ3v) is 3.21. The molecule has 21 heavy (non-hydrogen) atoms. The van der Waals surface area contributed by atoms with Crippen LogP contribution in [0.15, 0.2) is 41.4 Å². The lowest BCUT2D eigenvalue weighted by atomic mass is 10.2. The highest BCUT2D eigenvalue weighted by Crippen LogP contribution is 2.33. The second kappa shape index (κ2) is 5.13. The van der Waals surface area contributed by atoms with Crippen LogP contribution in [0.5, 0.6) is 11.6 Å². The number of imidazole rings is 1. The number of benzene rings is 1. The molecule has 0 aliphatic rings. The maximum Gasteiger partial charge on any atom is 0.311 e. The van der Waals surface area contributed by atoms with Crippen LogP contribution < -0.4 is 4.74 Å². The summed E-state index contributed by atoms with van der Waals surface area (Å²) in [5.41, 5.74) is 1.21. The van der Waals surface area contributed by atoms with Crippen LogP contribution in [-0.4, -0.2) is 19.3 Å². The fourth-order valence-electron chi connectivity index (χ4n) is 1.90. The van der Waals surface area contributed by atoms with Gasteiger partial charge >= 0.3 is 5.69 Å². The van der Waals surface area contributed by atoms with Crippen LogP contribution in [0, 0.1) is 17.0 Å². The predicted molar refractivity (Wildman–Crippen MR) is 78.6 cm³/mol. The average Bonchev–Trinajstić information content (AvgIpc) is 2.86. The van der Waals surface area contributed by atoms with Crippen molar-refractivity contribution in [1.29, 1.82) is 0 Å². The van der Waals surface area contributed by atoms with E-state index in [0.29, 0.717) is 10.3 Å². The van der Waals surface area contributed by atoms with Crippen molar-refractivity contribution in [3.63, 3.8) is 0 Å². The molecule has 3 aromatic rings. The van der Waals surface area contributed by atoms with Crippen LogP contribution in [0.3, 0.4) is 0 Å². The first-order valence-corrected chi connectivity index (χ1v) is 6.76. The van der Waals surface area contributed by atoms with E-state index in [1.54, 1.807) is 35.1 Å². The van der Waals surface area contributed by atoms with Crippen molar-refractivity contribution in [3.05, 3.63) is 57.1 Å². The summed E-state index contributed by atoms with van der Waals surface area (Å²) >= 11 is 3.27. The molecule has 0 spiro atoms. The van der Waals surface area contributed by atoms with Crippen LogP contribution in [0.25, 0.3) is 5.65 Å². The van der Waals surface area contributed by atoms with Crippen molar-refractivity contribution in [1.82, 2.24) is 14.4 Å². The molecule has 0 radical (unpaired) electrons. The molecule has 0 aliphatic heterocycles. The van der Waals surface area contributed by atoms with Gasteiger partial charge < -0.3 is 4.74 Å². The van der Waals surface area contributed by atoms with Gasteiger partial charge in [0.1, 0.15) is 4.60 Å². The zero-order chi connectivity index (χ0) is 15.0. The highest BCUT2D eigenvalue weighted by atomic mass is 79.9. The van der Waals surface area contributed by atoms with E-state index in [1.807, 2.05) is 6.92 Å². The Labute approximate surface area is 127 Å². The van der Waals surface area contributed by atoms with Gasteiger partial charge in [-0.05, 0) is 34.5 Å². The molecule has 0 bridgehead atoms. The predicted octanol–water partition coefficient (Wildman–Crippen LogP) is 3.50. The van der Waals surface area contributed by atoms with Crippen molar-refractivity contribution < 1.29 is 9.66 Å². The molecule has 106 valence electrons. The fraction of sp³-hybridized carbons (Fsp3) is 0.0769. The molecule has 0 unspecified atom stereocenters. The molecule has 2 aromatic heterocycles. The maximum absolute atomic E-state index is 11.1. The zero-order valence-corrected chi connectivity index (χ0v) is 12.4. The normalized spacial score (nSPS) is 10.8. The van der Waals surface area contributed by atoms with Crippen molar-refractivity contribution in [2.45, 2.75) is 6.92 Å². The molecular weight excluding hydrogens is 340 g/mol. The molecule has 0 atom stereocenters. The first kappa shape index (κ1) is 13.5. The Bertz CT molecular complexity index is 847. The number of aryl methyl sites for hydroxylation is 1. The minimum Gasteiger partial charge on any atom is -0.428 e. The molecule has 3 rings (SSSR count). The molecule has 0 saturated carbocycles. The third kappa shape index (κ3) is 2.57. The molecule has 0 fully saturated rings. The lowest BCUT2D eigenvalue weighted by Crippen LogP contribution is -1.98. The van der Waals surface area contributed by atoms with Crippen molar-refractivity contribution in [3.8, 4) is 11.6 Å². The Morgan fingerprint density at radius 3 is 3.00 bits per heavy atom. The van der Waals surface area contributed by atoms with E-state index in [9.17, 15) is 10.1 Å². The first-order chi connectivity index (χ1) is 10.0. The number of nitro groups is 1. The summed E-state index contributed by atoms with van der Waals surface area (Å²) < 4.78 is 7.89. The van der Waals surface area contributed by atoms with E-state index in [2.05, 4.69) is 25.9 Å². The summed E-state index contributed by atoms with van der Waals surface area (Å²) in [6.07, 6.45) is 5.06. The number of hydrogen-bond acceptors (Lipinski definition) is 5. The molecule has 0 N–H and O–H groups in total. The summed E-state index contributed by atoms with van der Waals surface area (Å²) in [6, 6.07) is 4.66. The standard InChI is InChI=1S/C13H9BrN4O3/c1-8-2-3-9(18(19)20)10(6-8)21-13-12-15-4-5-17(12)7-11(14)16-13/h2-7H,1H3. The molecule has 7 nitrogen and oxygen atoms in total. The monoisotopic (exact) mass is 348 g/mol. The molecule has 2 heterocycles. The van der Waals surface area contributed by atoms with E-state index >= 15 is 0 Å². The van der Waals surface area contributed by atoms with Gasteiger partial charge in [0.25, 0.3) is 5.88 Å². The third-order valence-electron chi connectivity index (χ3n) is 2.83. The number of fused-ring (bicyclic) bond motifs is 1. The number of aromatic nitrogens is 3.